The van der Waals surface area contributed by atoms with E-state index in [1.165, 1.54) is 28.1 Å². The molecule has 3 rings (SSSR count). The van der Waals surface area contributed by atoms with Crippen molar-refractivity contribution < 1.29 is 0 Å². The third-order valence-corrected chi connectivity index (χ3v) is 3.45. The Morgan fingerprint density at radius 1 is 0.938 bits per heavy atom. The van der Waals surface area contributed by atoms with Crippen molar-refractivity contribution in [1.29, 1.82) is 0 Å². The average Bonchev–Trinajstić information content (AvgIpc) is 2.29. The van der Waals surface area contributed by atoms with Gasteiger partial charge in [0.1, 0.15) is 0 Å². The van der Waals surface area contributed by atoms with Crippen molar-refractivity contribution >= 4 is 11.4 Å². The van der Waals surface area contributed by atoms with Gasteiger partial charge < -0.3 is 5.32 Å². The molecule has 1 heteroatoms. The number of para-hydroxylation sites is 1. The van der Waals surface area contributed by atoms with E-state index in [1.54, 1.807) is 0 Å². The van der Waals surface area contributed by atoms with Crippen molar-refractivity contribution in [2.24, 2.45) is 0 Å². The highest BCUT2D eigenvalue weighted by atomic mass is 14.9. The van der Waals surface area contributed by atoms with Gasteiger partial charge in [0.25, 0.3) is 0 Å². The van der Waals surface area contributed by atoms with Crippen LogP contribution in [0.3, 0.4) is 0 Å². The van der Waals surface area contributed by atoms with Gasteiger partial charge >= 0.3 is 0 Å². The predicted molar refractivity (Wildman–Crippen MR) is 68.4 cm³/mol. The summed E-state index contributed by atoms with van der Waals surface area (Å²) in [6.45, 7) is 4.47. The molecule has 1 aliphatic rings. The van der Waals surface area contributed by atoms with Crippen LogP contribution >= 0.6 is 0 Å². The summed E-state index contributed by atoms with van der Waals surface area (Å²) < 4.78 is 0. The van der Waals surface area contributed by atoms with Gasteiger partial charge in [-0.05, 0) is 35.7 Å². The SMILES string of the molecule is Cc1cccc2c1C(C)c1ccccc1N2. The molecule has 0 bridgehead atoms. The molecule has 0 spiro atoms. The highest BCUT2D eigenvalue weighted by Crippen LogP contribution is 2.41. The predicted octanol–water partition coefficient (Wildman–Crippen LogP) is 4.20. The van der Waals surface area contributed by atoms with Gasteiger partial charge in [-0.3, -0.25) is 0 Å². The molecule has 1 nitrogen and oxygen atoms in total. The monoisotopic (exact) mass is 209 g/mol. The number of nitrogens with one attached hydrogen (secondary N) is 1. The molecule has 0 aromatic heterocycles. The van der Waals surface area contributed by atoms with Gasteiger partial charge in [0.15, 0.2) is 0 Å². The van der Waals surface area contributed by atoms with Crippen LogP contribution in [0.4, 0.5) is 11.4 Å². The third-order valence-electron chi connectivity index (χ3n) is 3.45. The largest absolute Gasteiger partial charge is 0.355 e. The first kappa shape index (κ1) is 9.46. The van der Waals surface area contributed by atoms with Crippen molar-refractivity contribution in [3.05, 3.63) is 59.2 Å². The molecular weight excluding hydrogens is 194 g/mol. The van der Waals surface area contributed by atoms with Gasteiger partial charge in [-0.15, -0.1) is 0 Å². The number of fused-ring (bicyclic) bond motifs is 2. The van der Waals surface area contributed by atoms with E-state index >= 15 is 0 Å². The Balaban J connectivity index is 2.23. The third kappa shape index (κ3) is 1.25. The van der Waals surface area contributed by atoms with Crippen LogP contribution in [0.2, 0.25) is 0 Å². The van der Waals surface area contributed by atoms with E-state index in [-0.39, 0.29) is 0 Å². The maximum atomic E-state index is 3.51. The Hall–Kier alpha value is -1.76. The smallest absolute Gasteiger partial charge is 0.0425 e. The summed E-state index contributed by atoms with van der Waals surface area (Å²) in [5.74, 6) is 0.480. The topological polar surface area (TPSA) is 12.0 Å². The Bertz CT molecular complexity index is 543. The Labute approximate surface area is 96.1 Å². The highest BCUT2D eigenvalue weighted by Gasteiger charge is 2.22. The maximum Gasteiger partial charge on any atom is 0.0425 e. The lowest BCUT2D eigenvalue weighted by atomic mass is 9.85. The van der Waals surface area contributed by atoms with Crippen LogP contribution in [0.25, 0.3) is 0 Å². The second-order valence-electron chi connectivity index (χ2n) is 4.47. The number of rotatable bonds is 0. The number of anilines is 2. The fourth-order valence-corrected chi connectivity index (χ4v) is 2.65. The van der Waals surface area contributed by atoms with Crippen LogP contribution in [0.5, 0.6) is 0 Å². The minimum Gasteiger partial charge on any atom is -0.355 e. The lowest BCUT2D eigenvalue weighted by molar-refractivity contribution is 0.900. The lowest BCUT2D eigenvalue weighted by Crippen LogP contribution is -2.11. The zero-order chi connectivity index (χ0) is 11.1. The summed E-state index contributed by atoms with van der Waals surface area (Å²) in [7, 11) is 0. The summed E-state index contributed by atoms with van der Waals surface area (Å²) in [5, 5.41) is 3.51. The van der Waals surface area contributed by atoms with E-state index in [9.17, 15) is 0 Å². The van der Waals surface area contributed by atoms with Gasteiger partial charge in [-0.1, -0.05) is 37.3 Å². The van der Waals surface area contributed by atoms with E-state index in [0.717, 1.165) is 0 Å². The first-order chi connectivity index (χ1) is 7.77. The maximum absolute atomic E-state index is 3.51. The molecule has 0 radical (unpaired) electrons. The Morgan fingerprint density at radius 2 is 1.69 bits per heavy atom. The van der Waals surface area contributed by atoms with Crippen molar-refractivity contribution in [3.8, 4) is 0 Å². The molecule has 0 amide bonds. The second kappa shape index (κ2) is 3.38. The summed E-state index contributed by atoms with van der Waals surface area (Å²) in [6, 6.07) is 15.0. The molecule has 2 aromatic carbocycles. The molecule has 16 heavy (non-hydrogen) atoms. The summed E-state index contributed by atoms with van der Waals surface area (Å²) in [5.41, 5.74) is 6.69. The minimum atomic E-state index is 0.480. The molecule has 0 saturated carbocycles. The van der Waals surface area contributed by atoms with E-state index in [4.69, 9.17) is 0 Å². The minimum absolute atomic E-state index is 0.480. The van der Waals surface area contributed by atoms with Crippen LogP contribution in [0.15, 0.2) is 42.5 Å². The van der Waals surface area contributed by atoms with Gasteiger partial charge in [0, 0.05) is 17.3 Å². The summed E-state index contributed by atoms with van der Waals surface area (Å²) in [4.78, 5) is 0. The van der Waals surface area contributed by atoms with Gasteiger partial charge in [-0.25, -0.2) is 0 Å². The zero-order valence-electron chi connectivity index (χ0n) is 9.62. The van der Waals surface area contributed by atoms with Crippen LogP contribution in [0, 0.1) is 6.92 Å². The van der Waals surface area contributed by atoms with E-state index < -0.39 is 0 Å². The molecule has 2 aromatic rings. The number of benzene rings is 2. The standard InChI is InChI=1S/C15H15N/c1-10-6-5-9-14-15(10)11(2)12-7-3-4-8-13(12)16-14/h3-9,11,16H,1-2H3. The fraction of sp³-hybridized carbons (Fsp3) is 0.200. The highest BCUT2D eigenvalue weighted by molar-refractivity contribution is 5.74. The number of aryl methyl sites for hydroxylation is 1. The molecule has 1 N–H and O–H groups in total. The van der Waals surface area contributed by atoms with Crippen molar-refractivity contribution in [1.82, 2.24) is 0 Å². The van der Waals surface area contributed by atoms with Crippen LogP contribution < -0.4 is 5.32 Å². The zero-order valence-corrected chi connectivity index (χ0v) is 9.62. The van der Waals surface area contributed by atoms with Crippen molar-refractivity contribution in [2.75, 3.05) is 5.32 Å². The molecule has 1 aliphatic heterocycles. The molecule has 80 valence electrons. The Kier molecular flexibility index (Phi) is 2.00. The number of hydrogen-bond acceptors (Lipinski definition) is 1. The van der Waals surface area contributed by atoms with Gasteiger partial charge in [0.05, 0.1) is 0 Å². The van der Waals surface area contributed by atoms with Gasteiger partial charge in [0.2, 0.25) is 0 Å². The molecule has 0 fully saturated rings. The van der Waals surface area contributed by atoms with Crippen LogP contribution in [-0.4, -0.2) is 0 Å². The molecule has 1 heterocycles. The van der Waals surface area contributed by atoms with Crippen LogP contribution in [-0.2, 0) is 0 Å². The fourth-order valence-electron chi connectivity index (χ4n) is 2.65. The molecule has 1 unspecified atom stereocenters. The van der Waals surface area contributed by atoms with Crippen LogP contribution in [0.1, 0.15) is 29.5 Å². The molecule has 0 aliphatic carbocycles. The van der Waals surface area contributed by atoms with E-state index in [0.29, 0.717) is 5.92 Å². The molecule has 1 atom stereocenters. The number of hydrogen-bond donors (Lipinski definition) is 1. The first-order valence-electron chi connectivity index (χ1n) is 5.73. The van der Waals surface area contributed by atoms with Crippen molar-refractivity contribution in [3.63, 3.8) is 0 Å². The summed E-state index contributed by atoms with van der Waals surface area (Å²) in [6.07, 6.45) is 0. The Morgan fingerprint density at radius 3 is 2.56 bits per heavy atom. The van der Waals surface area contributed by atoms with Crippen molar-refractivity contribution in [2.45, 2.75) is 19.8 Å². The molecular formula is C15H15N. The summed E-state index contributed by atoms with van der Waals surface area (Å²) >= 11 is 0. The quantitative estimate of drug-likeness (QED) is 0.685. The lowest BCUT2D eigenvalue weighted by Gasteiger charge is -2.28. The molecule has 0 saturated heterocycles. The van der Waals surface area contributed by atoms with E-state index in [1.807, 2.05) is 0 Å². The first-order valence-corrected chi connectivity index (χ1v) is 5.73. The van der Waals surface area contributed by atoms with E-state index in [2.05, 4.69) is 61.6 Å². The average molecular weight is 209 g/mol. The second-order valence-corrected chi connectivity index (χ2v) is 4.47. The normalized spacial score (nSPS) is 17.2. The van der Waals surface area contributed by atoms with Gasteiger partial charge in [-0.2, -0.15) is 0 Å².